The van der Waals surface area contributed by atoms with Crippen LogP contribution < -0.4 is 4.90 Å². The molecular weight excluding hydrogens is 272 g/mol. The summed E-state index contributed by atoms with van der Waals surface area (Å²) in [5, 5.41) is 20.0. The molecule has 1 rings (SSSR count). The lowest BCUT2D eigenvalue weighted by atomic mass is 10.1. The minimum absolute atomic E-state index is 0.0297. The van der Waals surface area contributed by atoms with Crippen LogP contribution in [0.15, 0.2) is 12.1 Å². The third-order valence-corrected chi connectivity index (χ3v) is 3.03. The van der Waals surface area contributed by atoms with Gasteiger partial charge < -0.3 is 10.0 Å². The normalized spacial score (nSPS) is 10.6. The highest BCUT2D eigenvalue weighted by molar-refractivity contribution is 6.34. The van der Waals surface area contributed by atoms with Crippen molar-refractivity contribution in [2.45, 2.75) is 26.8 Å². The van der Waals surface area contributed by atoms with E-state index in [0.717, 1.165) is 6.07 Å². The van der Waals surface area contributed by atoms with Gasteiger partial charge >= 0.3 is 5.97 Å². The fourth-order valence-corrected chi connectivity index (χ4v) is 2.25. The molecule has 0 radical (unpaired) electrons. The van der Waals surface area contributed by atoms with Crippen LogP contribution in [-0.4, -0.2) is 28.6 Å². The number of benzene rings is 1. The largest absolute Gasteiger partial charge is 0.478 e. The summed E-state index contributed by atoms with van der Waals surface area (Å²) >= 11 is 6.03. The van der Waals surface area contributed by atoms with Crippen molar-refractivity contribution >= 4 is 28.9 Å². The SMILES string of the molecule is CCN(c1c(Cl)cc([N+](=O)[O-])cc1C(=O)O)C(C)C. The molecule has 0 saturated carbocycles. The van der Waals surface area contributed by atoms with Gasteiger partial charge in [-0.25, -0.2) is 4.79 Å². The van der Waals surface area contributed by atoms with Gasteiger partial charge in [-0.1, -0.05) is 11.6 Å². The van der Waals surface area contributed by atoms with E-state index in [0.29, 0.717) is 12.2 Å². The second kappa shape index (κ2) is 5.88. The molecule has 1 aromatic carbocycles. The Labute approximate surface area is 115 Å². The molecule has 0 atom stereocenters. The van der Waals surface area contributed by atoms with Crippen LogP contribution in [0.2, 0.25) is 5.02 Å². The summed E-state index contributed by atoms with van der Waals surface area (Å²) in [6.07, 6.45) is 0. The Morgan fingerprint density at radius 2 is 2.11 bits per heavy atom. The van der Waals surface area contributed by atoms with Crippen molar-refractivity contribution in [3.05, 3.63) is 32.8 Å². The third-order valence-electron chi connectivity index (χ3n) is 2.74. The summed E-state index contributed by atoms with van der Waals surface area (Å²) in [6.45, 7) is 6.21. The van der Waals surface area contributed by atoms with Crippen LogP contribution in [0.1, 0.15) is 31.1 Å². The molecule has 0 amide bonds. The lowest BCUT2D eigenvalue weighted by Gasteiger charge is -2.29. The van der Waals surface area contributed by atoms with Gasteiger partial charge in [0.1, 0.15) is 0 Å². The van der Waals surface area contributed by atoms with Crippen LogP contribution in [0.25, 0.3) is 0 Å². The Balaban J connectivity index is 3.54. The molecule has 0 bridgehead atoms. The number of carbonyl (C=O) groups is 1. The Kier molecular flexibility index (Phi) is 4.72. The number of aromatic carboxylic acids is 1. The Morgan fingerprint density at radius 1 is 1.53 bits per heavy atom. The van der Waals surface area contributed by atoms with Gasteiger partial charge in [-0.15, -0.1) is 0 Å². The molecule has 0 fully saturated rings. The number of nitrogens with zero attached hydrogens (tertiary/aromatic N) is 2. The van der Waals surface area contributed by atoms with E-state index in [4.69, 9.17) is 11.6 Å². The highest BCUT2D eigenvalue weighted by Gasteiger charge is 2.24. The maximum Gasteiger partial charge on any atom is 0.338 e. The zero-order valence-corrected chi connectivity index (χ0v) is 11.6. The molecule has 0 saturated heterocycles. The first kappa shape index (κ1) is 15.2. The van der Waals surface area contributed by atoms with Crippen molar-refractivity contribution in [2.24, 2.45) is 0 Å². The Morgan fingerprint density at radius 3 is 2.47 bits per heavy atom. The van der Waals surface area contributed by atoms with Crippen LogP contribution in [0.4, 0.5) is 11.4 Å². The zero-order chi connectivity index (χ0) is 14.7. The summed E-state index contributed by atoms with van der Waals surface area (Å²) in [5.74, 6) is -1.24. The monoisotopic (exact) mass is 286 g/mol. The van der Waals surface area contributed by atoms with Crippen LogP contribution in [0.5, 0.6) is 0 Å². The molecule has 0 aromatic heterocycles. The maximum atomic E-state index is 11.3. The number of anilines is 1. The lowest BCUT2D eigenvalue weighted by Crippen LogP contribution is -2.32. The Hall–Kier alpha value is -1.82. The summed E-state index contributed by atoms with van der Waals surface area (Å²) in [5.41, 5.74) is -0.169. The molecule has 6 nitrogen and oxygen atoms in total. The first-order valence-electron chi connectivity index (χ1n) is 5.77. The van der Waals surface area contributed by atoms with E-state index in [2.05, 4.69) is 0 Å². The molecule has 0 aliphatic carbocycles. The molecule has 7 heteroatoms. The molecule has 19 heavy (non-hydrogen) atoms. The fraction of sp³-hybridized carbons (Fsp3) is 0.417. The Bertz CT molecular complexity index is 517. The van der Waals surface area contributed by atoms with Gasteiger partial charge in [0.2, 0.25) is 0 Å². The van der Waals surface area contributed by atoms with Crippen LogP contribution >= 0.6 is 11.6 Å². The number of nitro groups is 1. The number of carboxylic acid groups (broad SMARTS) is 1. The van der Waals surface area contributed by atoms with E-state index >= 15 is 0 Å². The van der Waals surface area contributed by atoms with Gasteiger partial charge in [-0.3, -0.25) is 10.1 Å². The lowest BCUT2D eigenvalue weighted by molar-refractivity contribution is -0.384. The first-order valence-corrected chi connectivity index (χ1v) is 6.15. The van der Waals surface area contributed by atoms with Gasteiger partial charge in [0.05, 0.1) is 21.2 Å². The number of rotatable bonds is 5. The smallest absolute Gasteiger partial charge is 0.338 e. The minimum atomic E-state index is -1.24. The molecule has 0 aliphatic heterocycles. The van der Waals surface area contributed by atoms with Crippen LogP contribution in [0, 0.1) is 10.1 Å². The standard InChI is InChI=1S/C12H15ClN2O4/c1-4-14(7(2)3)11-9(12(16)17)5-8(15(18)19)6-10(11)13/h5-7H,4H2,1-3H3,(H,16,17). The zero-order valence-electron chi connectivity index (χ0n) is 10.9. The van der Waals surface area contributed by atoms with Crippen molar-refractivity contribution in [3.8, 4) is 0 Å². The van der Waals surface area contributed by atoms with Crippen LogP contribution in [0.3, 0.4) is 0 Å². The van der Waals surface area contributed by atoms with Crippen molar-refractivity contribution in [1.29, 1.82) is 0 Å². The van der Waals surface area contributed by atoms with Gasteiger partial charge in [0.15, 0.2) is 0 Å². The highest BCUT2D eigenvalue weighted by atomic mass is 35.5. The maximum absolute atomic E-state index is 11.3. The molecule has 0 spiro atoms. The number of hydrogen-bond acceptors (Lipinski definition) is 4. The molecule has 0 unspecified atom stereocenters. The number of non-ortho nitro benzene ring substituents is 1. The van der Waals surface area contributed by atoms with Gasteiger partial charge in [-0.05, 0) is 20.8 Å². The number of carboxylic acids is 1. The second-order valence-electron chi connectivity index (χ2n) is 4.27. The summed E-state index contributed by atoms with van der Waals surface area (Å²) < 4.78 is 0. The molecule has 1 aromatic rings. The molecule has 0 heterocycles. The highest BCUT2D eigenvalue weighted by Crippen LogP contribution is 2.35. The predicted molar refractivity (Wildman–Crippen MR) is 73.2 cm³/mol. The summed E-state index contributed by atoms with van der Waals surface area (Å²) in [7, 11) is 0. The van der Waals surface area contributed by atoms with E-state index in [9.17, 15) is 20.0 Å². The van der Waals surface area contributed by atoms with Crippen molar-refractivity contribution in [2.75, 3.05) is 11.4 Å². The van der Waals surface area contributed by atoms with Gasteiger partial charge in [-0.2, -0.15) is 0 Å². The molecule has 104 valence electrons. The van der Waals surface area contributed by atoms with Crippen molar-refractivity contribution in [3.63, 3.8) is 0 Å². The molecular formula is C12H15ClN2O4. The van der Waals surface area contributed by atoms with E-state index in [-0.39, 0.29) is 22.3 Å². The molecule has 0 aliphatic rings. The number of nitro benzene ring substituents is 1. The van der Waals surface area contributed by atoms with E-state index in [1.807, 2.05) is 20.8 Å². The minimum Gasteiger partial charge on any atom is -0.478 e. The van der Waals surface area contributed by atoms with Crippen LogP contribution in [-0.2, 0) is 0 Å². The van der Waals surface area contributed by atoms with E-state index < -0.39 is 10.9 Å². The number of halogens is 1. The average Bonchev–Trinajstić information content (AvgIpc) is 2.30. The van der Waals surface area contributed by atoms with Crippen molar-refractivity contribution in [1.82, 2.24) is 0 Å². The predicted octanol–water partition coefficient (Wildman–Crippen LogP) is 3.18. The molecule has 1 N–H and O–H groups in total. The third kappa shape index (κ3) is 3.14. The first-order chi connectivity index (χ1) is 8.79. The van der Waals surface area contributed by atoms with Gasteiger partial charge in [0, 0.05) is 24.7 Å². The fourth-order valence-electron chi connectivity index (χ4n) is 1.93. The number of hydrogen-bond donors (Lipinski definition) is 1. The summed E-state index contributed by atoms with van der Waals surface area (Å²) in [4.78, 5) is 23.2. The van der Waals surface area contributed by atoms with Crippen molar-refractivity contribution < 1.29 is 14.8 Å². The average molecular weight is 287 g/mol. The van der Waals surface area contributed by atoms with Gasteiger partial charge in [0.25, 0.3) is 5.69 Å². The van der Waals surface area contributed by atoms with E-state index in [1.165, 1.54) is 6.07 Å². The quantitative estimate of drug-likeness (QED) is 0.664. The summed E-state index contributed by atoms with van der Waals surface area (Å²) in [6, 6.07) is 2.24. The topological polar surface area (TPSA) is 83.7 Å². The van der Waals surface area contributed by atoms with E-state index in [1.54, 1.807) is 4.90 Å². The second-order valence-corrected chi connectivity index (χ2v) is 4.67.